The lowest BCUT2D eigenvalue weighted by Crippen LogP contribution is -2.17. The Morgan fingerprint density at radius 1 is 1.32 bits per heavy atom. The number of nitrogens with zero attached hydrogens (tertiary/aromatic N) is 4. The van der Waals surface area contributed by atoms with Gasteiger partial charge in [0.1, 0.15) is 17.4 Å². The molecule has 6 nitrogen and oxygen atoms in total. The van der Waals surface area contributed by atoms with Crippen molar-refractivity contribution in [3.8, 4) is 0 Å². The van der Waals surface area contributed by atoms with Gasteiger partial charge in [0.25, 0.3) is 6.47 Å². The van der Waals surface area contributed by atoms with Crippen LogP contribution in [0.1, 0.15) is 40.7 Å². The Labute approximate surface area is 112 Å². The SMILES string of the molecule is CC(C)(C)OC=O.CC(C)n1cnc2cncnc21. The number of hydrogen-bond donors (Lipinski definition) is 0. The molecule has 0 saturated heterocycles. The van der Waals surface area contributed by atoms with E-state index in [-0.39, 0.29) is 5.60 Å². The maximum absolute atomic E-state index is 9.60. The van der Waals surface area contributed by atoms with Crippen molar-refractivity contribution in [1.29, 1.82) is 0 Å². The van der Waals surface area contributed by atoms with Crippen LogP contribution in [0.5, 0.6) is 0 Å². The van der Waals surface area contributed by atoms with E-state index in [2.05, 4.69) is 33.5 Å². The van der Waals surface area contributed by atoms with E-state index in [9.17, 15) is 4.79 Å². The molecule has 2 rings (SSSR count). The quantitative estimate of drug-likeness (QED) is 0.779. The van der Waals surface area contributed by atoms with E-state index >= 15 is 0 Å². The first-order valence-electron chi connectivity index (χ1n) is 6.09. The van der Waals surface area contributed by atoms with Gasteiger partial charge in [-0.15, -0.1) is 0 Å². The minimum Gasteiger partial charge on any atom is -0.462 e. The smallest absolute Gasteiger partial charge is 0.293 e. The molecule has 0 fully saturated rings. The second kappa shape index (κ2) is 6.26. The molecule has 0 bridgehead atoms. The first-order chi connectivity index (χ1) is 8.85. The first kappa shape index (κ1) is 15.1. The Kier molecular flexibility index (Phi) is 4.97. The van der Waals surface area contributed by atoms with E-state index in [0.717, 1.165) is 11.2 Å². The monoisotopic (exact) mass is 264 g/mol. The van der Waals surface area contributed by atoms with Gasteiger partial charge in [-0.2, -0.15) is 0 Å². The van der Waals surface area contributed by atoms with Gasteiger partial charge < -0.3 is 9.30 Å². The van der Waals surface area contributed by atoms with E-state index in [1.807, 2.05) is 25.3 Å². The summed E-state index contributed by atoms with van der Waals surface area (Å²) in [6.07, 6.45) is 5.06. The molecule has 0 aliphatic carbocycles. The highest BCUT2D eigenvalue weighted by molar-refractivity contribution is 5.68. The summed E-state index contributed by atoms with van der Waals surface area (Å²) in [6, 6.07) is 0.393. The molecular formula is C13H20N4O2. The Morgan fingerprint density at radius 3 is 2.47 bits per heavy atom. The Hall–Kier alpha value is -1.98. The van der Waals surface area contributed by atoms with Crippen LogP contribution in [0, 0.1) is 0 Å². The highest BCUT2D eigenvalue weighted by Gasteiger charge is 2.07. The van der Waals surface area contributed by atoms with Crippen LogP contribution in [0.3, 0.4) is 0 Å². The Balaban J connectivity index is 0.000000224. The summed E-state index contributed by atoms with van der Waals surface area (Å²) in [4.78, 5) is 21.8. The molecule has 0 aromatic carbocycles. The molecular weight excluding hydrogens is 244 g/mol. The topological polar surface area (TPSA) is 69.9 Å². The van der Waals surface area contributed by atoms with Crippen molar-refractivity contribution in [2.45, 2.75) is 46.3 Å². The predicted octanol–water partition coefficient (Wildman–Crippen LogP) is 2.37. The summed E-state index contributed by atoms with van der Waals surface area (Å²) < 4.78 is 6.57. The zero-order chi connectivity index (χ0) is 14.5. The van der Waals surface area contributed by atoms with Crippen LogP contribution in [0.2, 0.25) is 0 Å². The molecule has 0 aliphatic heterocycles. The minimum atomic E-state index is -0.318. The molecule has 0 aliphatic rings. The number of carbonyl (C=O) groups is 1. The van der Waals surface area contributed by atoms with Gasteiger partial charge in [-0.25, -0.2) is 15.0 Å². The molecule has 0 N–H and O–H groups in total. The van der Waals surface area contributed by atoms with E-state index < -0.39 is 0 Å². The van der Waals surface area contributed by atoms with Gasteiger partial charge >= 0.3 is 0 Å². The normalized spacial score (nSPS) is 11.1. The van der Waals surface area contributed by atoms with Crippen LogP contribution in [0.15, 0.2) is 18.9 Å². The fraction of sp³-hybridized carbons (Fsp3) is 0.538. The standard InChI is InChI=1S/C8H10N4.C5H10O2/c1-6(2)12-5-11-7-3-9-4-10-8(7)12;1-5(2,3)7-4-6/h3-6H,1-2H3;4H,1-3H3. The predicted molar refractivity (Wildman–Crippen MR) is 72.6 cm³/mol. The summed E-state index contributed by atoms with van der Waals surface area (Å²) in [5.41, 5.74) is 1.44. The van der Waals surface area contributed by atoms with Crippen molar-refractivity contribution < 1.29 is 9.53 Å². The maximum Gasteiger partial charge on any atom is 0.293 e. The average Bonchev–Trinajstić information content (AvgIpc) is 2.71. The molecule has 0 amide bonds. The van der Waals surface area contributed by atoms with Crippen LogP contribution >= 0.6 is 0 Å². The fourth-order valence-electron chi connectivity index (χ4n) is 1.31. The molecule has 0 atom stereocenters. The first-order valence-corrected chi connectivity index (χ1v) is 6.09. The van der Waals surface area contributed by atoms with Gasteiger partial charge in [-0.3, -0.25) is 4.79 Å². The summed E-state index contributed by atoms with van der Waals surface area (Å²) in [5, 5.41) is 0. The van der Waals surface area contributed by atoms with Gasteiger partial charge in [-0.05, 0) is 34.6 Å². The zero-order valence-corrected chi connectivity index (χ0v) is 12.0. The molecule has 0 unspecified atom stereocenters. The molecule has 2 aromatic heterocycles. The minimum absolute atomic E-state index is 0.318. The Morgan fingerprint density at radius 2 is 2.00 bits per heavy atom. The molecule has 6 heteroatoms. The van der Waals surface area contributed by atoms with Crippen molar-refractivity contribution in [2.24, 2.45) is 0 Å². The second-order valence-corrected chi connectivity index (χ2v) is 5.30. The van der Waals surface area contributed by atoms with Gasteiger partial charge in [0.05, 0.1) is 12.5 Å². The number of imidazole rings is 1. The van der Waals surface area contributed by atoms with Crippen LogP contribution in [-0.2, 0) is 9.53 Å². The van der Waals surface area contributed by atoms with Crippen LogP contribution in [-0.4, -0.2) is 31.6 Å². The summed E-state index contributed by atoms with van der Waals surface area (Å²) in [6.45, 7) is 10.1. The lowest BCUT2D eigenvalue weighted by molar-refractivity contribution is -0.138. The third kappa shape index (κ3) is 4.65. The average molecular weight is 264 g/mol. The highest BCUT2D eigenvalue weighted by atomic mass is 16.5. The van der Waals surface area contributed by atoms with E-state index in [4.69, 9.17) is 0 Å². The van der Waals surface area contributed by atoms with Gasteiger partial charge in [0, 0.05) is 6.04 Å². The van der Waals surface area contributed by atoms with Crippen molar-refractivity contribution in [2.75, 3.05) is 0 Å². The van der Waals surface area contributed by atoms with Gasteiger partial charge in [-0.1, -0.05) is 0 Å². The summed E-state index contributed by atoms with van der Waals surface area (Å²) in [7, 11) is 0. The maximum atomic E-state index is 9.60. The number of hydrogen-bond acceptors (Lipinski definition) is 5. The zero-order valence-electron chi connectivity index (χ0n) is 12.0. The van der Waals surface area contributed by atoms with Crippen LogP contribution in [0.25, 0.3) is 11.2 Å². The van der Waals surface area contributed by atoms with Crippen molar-refractivity contribution in [3.05, 3.63) is 18.9 Å². The van der Waals surface area contributed by atoms with E-state index in [0.29, 0.717) is 12.5 Å². The summed E-state index contributed by atoms with van der Waals surface area (Å²) in [5.74, 6) is 0. The lowest BCUT2D eigenvalue weighted by Gasteiger charge is -2.14. The van der Waals surface area contributed by atoms with E-state index in [1.165, 1.54) is 0 Å². The molecule has 2 heterocycles. The third-order valence-corrected chi connectivity index (χ3v) is 2.20. The molecule has 2 aromatic rings. The van der Waals surface area contributed by atoms with Crippen molar-refractivity contribution in [1.82, 2.24) is 19.5 Å². The fourth-order valence-corrected chi connectivity index (χ4v) is 1.31. The lowest BCUT2D eigenvalue weighted by atomic mass is 10.2. The third-order valence-electron chi connectivity index (χ3n) is 2.20. The largest absolute Gasteiger partial charge is 0.462 e. The van der Waals surface area contributed by atoms with Crippen LogP contribution in [0.4, 0.5) is 0 Å². The van der Waals surface area contributed by atoms with Gasteiger partial charge in [0.2, 0.25) is 0 Å². The molecule has 19 heavy (non-hydrogen) atoms. The molecule has 0 radical (unpaired) electrons. The number of rotatable bonds is 2. The summed E-state index contributed by atoms with van der Waals surface area (Å²) >= 11 is 0. The number of carbonyl (C=O) groups excluding carboxylic acids is 1. The van der Waals surface area contributed by atoms with E-state index in [1.54, 1.807) is 18.9 Å². The number of ether oxygens (including phenoxy) is 1. The second-order valence-electron chi connectivity index (χ2n) is 5.30. The molecule has 0 saturated carbocycles. The molecule has 0 spiro atoms. The number of aromatic nitrogens is 4. The highest BCUT2D eigenvalue weighted by Crippen LogP contribution is 2.12. The van der Waals surface area contributed by atoms with Gasteiger partial charge in [0.15, 0.2) is 5.65 Å². The van der Waals surface area contributed by atoms with Crippen LogP contribution < -0.4 is 0 Å². The van der Waals surface area contributed by atoms with Crippen molar-refractivity contribution >= 4 is 17.6 Å². The molecule has 104 valence electrons. The Bertz CT molecular complexity index is 529. The van der Waals surface area contributed by atoms with Crippen molar-refractivity contribution in [3.63, 3.8) is 0 Å². The number of fused-ring (bicyclic) bond motifs is 1.